The predicted molar refractivity (Wildman–Crippen MR) is 115 cm³/mol. The van der Waals surface area contributed by atoms with Crippen molar-refractivity contribution in [1.82, 2.24) is 15.2 Å². The summed E-state index contributed by atoms with van der Waals surface area (Å²) in [6.07, 6.45) is 2.52. The van der Waals surface area contributed by atoms with E-state index < -0.39 is 5.66 Å². The number of amides is 1. The molecule has 0 aliphatic carbocycles. The zero-order valence-corrected chi connectivity index (χ0v) is 16.9. The largest absolute Gasteiger partial charge is 0.351 e. The number of ketones is 1. The van der Waals surface area contributed by atoms with Gasteiger partial charge in [-0.25, -0.2) is 0 Å². The third-order valence-electron chi connectivity index (χ3n) is 6.15. The van der Waals surface area contributed by atoms with Gasteiger partial charge < -0.3 is 10.3 Å². The first kappa shape index (κ1) is 19.4. The number of nitrogens with zero attached hydrogens (tertiary/aromatic N) is 1. The van der Waals surface area contributed by atoms with Crippen LogP contribution < -0.4 is 5.32 Å². The van der Waals surface area contributed by atoms with Crippen LogP contribution in [0.2, 0.25) is 0 Å². The summed E-state index contributed by atoms with van der Waals surface area (Å²) >= 11 is 0. The van der Waals surface area contributed by atoms with Gasteiger partial charge in [-0.15, -0.1) is 0 Å². The van der Waals surface area contributed by atoms with Crippen molar-refractivity contribution in [3.8, 4) is 0 Å². The summed E-state index contributed by atoms with van der Waals surface area (Å²) in [5, 5.41) is 4.06. The van der Waals surface area contributed by atoms with E-state index >= 15 is 0 Å². The van der Waals surface area contributed by atoms with Crippen LogP contribution in [0.25, 0.3) is 10.9 Å². The van der Waals surface area contributed by atoms with Crippen molar-refractivity contribution in [2.45, 2.75) is 31.8 Å². The summed E-state index contributed by atoms with van der Waals surface area (Å²) < 4.78 is 0. The maximum absolute atomic E-state index is 13.1. The number of likely N-dealkylation sites (tertiary alicyclic amines) is 1. The highest BCUT2D eigenvalue weighted by atomic mass is 16.2. The van der Waals surface area contributed by atoms with Crippen LogP contribution in [-0.2, 0) is 11.2 Å². The highest BCUT2D eigenvalue weighted by Gasteiger charge is 2.45. The first-order chi connectivity index (χ1) is 14.0. The Bertz CT molecular complexity index is 994. The van der Waals surface area contributed by atoms with Crippen LogP contribution in [0, 0.1) is 5.92 Å². The molecule has 0 spiro atoms. The smallest absolute Gasteiger partial charge is 0.269 e. The van der Waals surface area contributed by atoms with Gasteiger partial charge >= 0.3 is 0 Å². The Kier molecular flexibility index (Phi) is 5.24. The molecule has 2 unspecified atom stereocenters. The van der Waals surface area contributed by atoms with Crippen molar-refractivity contribution in [3.05, 3.63) is 71.9 Å². The minimum Gasteiger partial charge on any atom is -0.351 e. The van der Waals surface area contributed by atoms with E-state index in [1.807, 2.05) is 60.5 Å². The third kappa shape index (κ3) is 3.83. The van der Waals surface area contributed by atoms with Gasteiger partial charge in [-0.2, -0.15) is 0 Å². The first-order valence-electron chi connectivity index (χ1n) is 10.1. The average Bonchev–Trinajstić information content (AvgIpc) is 3.15. The lowest BCUT2D eigenvalue weighted by Crippen LogP contribution is -2.66. The van der Waals surface area contributed by atoms with Crippen molar-refractivity contribution in [1.29, 1.82) is 0 Å². The van der Waals surface area contributed by atoms with E-state index in [2.05, 4.69) is 22.4 Å². The molecule has 0 saturated carbocycles. The molecule has 0 bridgehead atoms. The zero-order chi connectivity index (χ0) is 20.4. The molecule has 3 aromatic rings. The van der Waals surface area contributed by atoms with Gasteiger partial charge in [0.05, 0.1) is 0 Å². The zero-order valence-electron chi connectivity index (χ0n) is 16.9. The van der Waals surface area contributed by atoms with E-state index in [0.717, 1.165) is 30.3 Å². The van der Waals surface area contributed by atoms with Crippen molar-refractivity contribution >= 4 is 22.6 Å². The number of H-pyrrole nitrogens is 1. The van der Waals surface area contributed by atoms with Gasteiger partial charge in [0, 0.05) is 17.4 Å². The van der Waals surface area contributed by atoms with E-state index in [-0.39, 0.29) is 11.7 Å². The van der Waals surface area contributed by atoms with Crippen LogP contribution in [0.4, 0.5) is 0 Å². The molecule has 1 fully saturated rings. The van der Waals surface area contributed by atoms with Crippen molar-refractivity contribution in [2.75, 3.05) is 13.6 Å². The molecule has 1 amide bonds. The van der Waals surface area contributed by atoms with Crippen LogP contribution in [0.3, 0.4) is 0 Å². The van der Waals surface area contributed by atoms with E-state index in [4.69, 9.17) is 0 Å². The van der Waals surface area contributed by atoms with E-state index in [9.17, 15) is 9.59 Å². The summed E-state index contributed by atoms with van der Waals surface area (Å²) in [5.41, 5.74) is 1.67. The molecule has 2 N–H and O–H groups in total. The molecule has 5 heteroatoms. The number of benzene rings is 2. The summed E-state index contributed by atoms with van der Waals surface area (Å²) in [5.74, 6) is 0.0614. The summed E-state index contributed by atoms with van der Waals surface area (Å²) in [7, 11) is 1.92. The molecular weight excluding hydrogens is 362 g/mol. The monoisotopic (exact) mass is 389 g/mol. The van der Waals surface area contributed by atoms with Crippen molar-refractivity contribution in [2.24, 2.45) is 5.92 Å². The van der Waals surface area contributed by atoms with E-state index in [1.165, 1.54) is 5.56 Å². The number of para-hydroxylation sites is 1. The second-order valence-electron chi connectivity index (χ2n) is 8.11. The highest BCUT2D eigenvalue weighted by molar-refractivity contribution is 6.01. The van der Waals surface area contributed by atoms with Crippen molar-refractivity contribution in [3.63, 3.8) is 0 Å². The molecule has 2 atom stereocenters. The Morgan fingerprint density at radius 1 is 1.14 bits per heavy atom. The van der Waals surface area contributed by atoms with Gasteiger partial charge in [-0.1, -0.05) is 48.5 Å². The van der Waals surface area contributed by atoms with Gasteiger partial charge in [-0.05, 0) is 56.8 Å². The molecular formula is C24H27N3O2. The quantitative estimate of drug-likeness (QED) is 0.698. The number of fused-ring (bicyclic) bond motifs is 1. The number of likely N-dealkylation sites (N-methyl/N-ethyl adjacent to an activating group) is 1. The fourth-order valence-electron chi connectivity index (χ4n) is 4.46. The Labute approximate surface area is 171 Å². The first-order valence-corrected chi connectivity index (χ1v) is 10.1. The molecule has 1 saturated heterocycles. The maximum atomic E-state index is 13.1. The topological polar surface area (TPSA) is 65.2 Å². The second-order valence-corrected chi connectivity index (χ2v) is 8.11. The fourth-order valence-corrected chi connectivity index (χ4v) is 4.46. The molecule has 2 heterocycles. The molecule has 4 rings (SSSR count). The van der Waals surface area contributed by atoms with Gasteiger partial charge in [0.25, 0.3) is 5.91 Å². The molecule has 29 heavy (non-hydrogen) atoms. The Balaban J connectivity index is 1.57. The van der Waals surface area contributed by atoms with Gasteiger partial charge in [0.2, 0.25) is 0 Å². The Hall–Kier alpha value is -2.92. The maximum Gasteiger partial charge on any atom is 0.269 e. The molecule has 1 aliphatic heterocycles. The van der Waals surface area contributed by atoms with Crippen LogP contribution in [-0.4, -0.2) is 40.8 Å². The SMILES string of the molecule is CC(=O)C1(NC(=O)c2cc3ccccc3[nH]2)CC(Cc2ccccc2)CCN1C. The standard InChI is InChI=1S/C24H27N3O2/c1-17(28)24(26-23(29)22-15-20-10-6-7-11-21(20)25-22)16-19(12-13-27(24)2)14-18-8-4-3-5-9-18/h3-11,15,19,25H,12-14,16H2,1-2H3,(H,26,29). The molecule has 0 radical (unpaired) electrons. The van der Waals surface area contributed by atoms with Crippen LogP contribution >= 0.6 is 0 Å². The van der Waals surface area contributed by atoms with Crippen molar-refractivity contribution < 1.29 is 9.59 Å². The van der Waals surface area contributed by atoms with Gasteiger partial charge in [0.15, 0.2) is 11.4 Å². The Morgan fingerprint density at radius 3 is 2.59 bits per heavy atom. The van der Waals surface area contributed by atoms with Crippen LogP contribution in [0.15, 0.2) is 60.7 Å². The normalized spacial score (nSPS) is 22.5. The number of aromatic amines is 1. The van der Waals surface area contributed by atoms with Gasteiger partial charge in [-0.3, -0.25) is 14.5 Å². The summed E-state index contributed by atoms with van der Waals surface area (Å²) in [4.78, 5) is 31.0. The number of Topliss-reactive ketones (excluding diaryl/α,β-unsaturated/α-hetero) is 1. The van der Waals surface area contributed by atoms with E-state index in [1.54, 1.807) is 6.92 Å². The number of piperidine rings is 1. The fraction of sp³-hybridized carbons (Fsp3) is 0.333. The molecule has 1 aliphatic rings. The Morgan fingerprint density at radius 2 is 1.86 bits per heavy atom. The van der Waals surface area contributed by atoms with Gasteiger partial charge in [0.1, 0.15) is 5.69 Å². The number of rotatable bonds is 5. The number of hydrogen-bond acceptors (Lipinski definition) is 3. The lowest BCUT2D eigenvalue weighted by molar-refractivity contribution is -0.133. The molecule has 150 valence electrons. The second kappa shape index (κ2) is 7.84. The molecule has 5 nitrogen and oxygen atoms in total. The molecule has 2 aromatic carbocycles. The average molecular weight is 389 g/mol. The summed E-state index contributed by atoms with van der Waals surface area (Å²) in [6.45, 7) is 2.34. The number of aromatic nitrogens is 1. The number of carbonyl (C=O) groups is 2. The minimum absolute atomic E-state index is 0.0257. The minimum atomic E-state index is -0.980. The lowest BCUT2D eigenvalue weighted by atomic mass is 9.80. The predicted octanol–water partition coefficient (Wildman–Crippen LogP) is 3.77. The van der Waals surface area contributed by atoms with Crippen LogP contribution in [0.5, 0.6) is 0 Å². The van der Waals surface area contributed by atoms with Crippen LogP contribution in [0.1, 0.15) is 35.8 Å². The summed E-state index contributed by atoms with van der Waals surface area (Å²) in [6, 6.07) is 20.0. The number of nitrogens with one attached hydrogen (secondary N) is 2. The number of hydrogen-bond donors (Lipinski definition) is 2. The lowest BCUT2D eigenvalue weighted by Gasteiger charge is -2.46. The van der Waals surface area contributed by atoms with E-state index in [0.29, 0.717) is 18.0 Å². The molecule has 1 aromatic heterocycles. The third-order valence-corrected chi connectivity index (χ3v) is 6.15. The number of carbonyl (C=O) groups excluding carboxylic acids is 2. The highest BCUT2D eigenvalue weighted by Crippen LogP contribution is 2.32.